The largest absolute Gasteiger partial charge is 0.505 e. The van der Waals surface area contributed by atoms with Crippen molar-refractivity contribution in [2.75, 3.05) is 0 Å². The van der Waals surface area contributed by atoms with Crippen LogP contribution in [0.15, 0.2) is 51.6 Å². The summed E-state index contributed by atoms with van der Waals surface area (Å²) < 4.78 is 14.5. The van der Waals surface area contributed by atoms with E-state index in [4.69, 9.17) is 0 Å². The molecule has 0 radical (unpaired) electrons. The number of imide groups is 1. The van der Waals surface area contributed by atoms with Gasteiger partial charge < -0.3 is 5.11 Å². The lowest BCUT2D eigenvalue weighted by Crippen LogP contribution is -2.46. The third kappa shape index (κ3) is 3.18. The van der Waals surface area contributed by atoms with E-state index in [0.717, 1.165) is 11.6 Å². The van der Waals surface area contributed by atoms with Gasteiger partial charge in [-0.25, -0.2) is 4.39 Å². The molecule has 0 aromatic heterocycles. The van der Waals surface area contributed by atoms with Crippen LogP contribution in [0.5, 0.6) is 5.75 Å². The number of rotatable bonds is 1. The number of ketones is 2. The Morgan fingerprint density at radius 3 is 2.44 bits per heavy atom. The first-order valence-electron chi connectivity index (χ1n) is 11.2. The molecule has 4 atom stereocenters. The van der Waals surface area contributed by atoms with E-state index in [1.165, 1.54) is 23.1 Å². The number of phenols is 1. The molecule has 1 aromatic carbocycles. The number of fused-ring (bicyclic) bond motifs is 3. The number of carbonyl (C=O) groups is 4. The second-order valence-electron chi connectivity index (χ2n) is 10.3. The molecule has 3 aliphatic carbocycles. The van der Waals surface area contributed by atoms with E-state index in [-0.39, 0.29) is 45.4 Å². The molecule has 34 heavy (non-hydrogen) atoms. The van der Waals surface area contributed by atoms with Crippen LogP contribution < -0.4 is 0 Å². The van der Waals surface area contributed by atoms with Gasteiger partial charge in [-0.1, -0.05) is 17.7 Å². The standard InChI is InChI=1S/C26H23BrFNO5/c1-26(2,3)29-24(33)13-6-5-12-14(21(13)25(29)34)9-15-22(19(31)10-16(27)23(15)32)20(12)11-4-7-18(30)17(28)8-11/h4-5,7-8,10,13-14,20-21,30H,6,9H2,1-3H3/t13-,14+,20-,21-/m0/s1. The maximum atomic E-state index is 14.4. The molecule has 1 fully saturated rings. The first-order chi connectivity index (χ1) is 15.9. The second-order valence-corrected chi connectivity index (χ2v) is 11.1. The number of aromatic hydroxyl groups is 1. The van der Waals surface area contributed by atoms with E-state index in [1.54, 1.807) is 0 Å². The predicted octanol–water partition coefficient (Wildman–Crippen LogP) is 4.09. The maximum absolute atomic E-state index is 14.4. The van der Waals surface area contributed by atoms with Gasteiger partial charge in [-0.2, -0.15) is 0 Å². The van der Waals surface area contributed by atoms with Gasteiger partial charge in [-0.3, -0.25) is 24.1 Å². The first-order valence-corrected chi connectivity index (χ1v) is 12.0. The molecule has 1 heterocycles. The molecular formula is C26H23BrFNO5. The van der Waals surface area contributed by atoms with Crippen molar-refractivity contribution in [2.24, 2.45) is 17.8 Å². The summed E-state index contributed by atoms with van der Waals surface area (Å²) in [5, 5.41) is 9.70. The van der Waals surface area contributed by atoms with Crippen molar-refractivity contribution in [3.63, 3.8) is 0 Å². The SMILES string of the molecule is CC(C)(C)N1C(=O)[C@H]2[C@H](CC=C3[C@H](c4ccc(O)c(F)c4)C4=C(C[C@H]32)C(=O)C(Br)=CC4=O)C1=O. The fourth-order valence-electron chi connectivity index (χ4n) is 5.95. The molecular weight excluding hydrogens is 505 g/mol. The Morgan fingerprint density at radius 2 is 1.79 bits per heavy atom. The molecule has 1 aliphatic heterocycles. The topological polar surface area (TPSA) is 91.8 Å². The van der Waals surface area contributed by atoms with Gasteiger partial charge in [-0.05, 0) is 73.2 Å². The number of carbonyl (C=O) groups excluding carboxylic acids is 4. The highest BCUT2D eigenvalue weighted by atomic mass is 79.9. The molecule has 0 unspecified atom stereocenters. The van der Waals surface area contributed by atoms with Crippen LogP contribution in [0.3, 0.4) is 0 Å². The van der Waals surface area contributed by atoms with Gasteiger partial charge in [-0.15, -0.1) is 0 Å². The van der Waals surface area contributed by atoms with Gasteiger partial charge in [0.2, 0.25) is 11.8 Å². The molecule has 8 heteroatoms. The van der Waals surface area contributed by atoms with Crippen LogP contribution in [0.4, 0.5) is 4.39 Å². The molecule has 1 aromatic rings. The summed E-state index contributed by atoms with van der Waals surface area (Å²) >= 11 is 3.17. The number of hydrogen-bond donors (Lipinski definition) is 1. The van der Waals surface area contributed by atoms with Gasteiger partial charge in [0.15, 0.2) is 23.1 Å². The van der Waals surface area contributed by atoms with Crippen molar-refractivity contribution in [2.45, 2.75) is 45.1 Å². The quantitative estimate of drug-likeness (QED) is 0.337. The minimum absolute atomic E-state index is 0.136. The van der Waals surface area contributed by atoms with E-state index in [2.05, 4.69) is 15.9 Å². The molecule has 5 rings (SSSR count). The van der Waals surface area contributed by atoms with Crippen LogP contribution in [0.1, 0.15) is 45.1 Å². The lowest BCUT2D eigenvalue weighted by atomic mass is 9.59. The van der Waals surface area contributed by atoms with Gasteiger partial charge in [0.1, 0.15) is 0 Å². The average molecular weight is 528 g/mol. The van der Waals surface area contributed by atoms with Crippen molar-refractivity contribution >= 4 is 39.3 Å². The summed E-state index contributed by atoms with van der Waals surface area (Å²) in [4.78, 5) is 54.3. The Balaban J connectivity index is 1.69. The van der Waals surface area contributed by atoms with E-state index >= 15 is 0 Å². The number of benzene rings is 1. The zero-order valence-corrected chi connectivity index (χ0v) is 20.5. The van der Waals surface area contributed by atoms with Gasteiger partial charge in [0, 0.05) is 28.7 Å². The zero-order valence-electron chi connectivity index (χ0n) is 18.9. The van der Waals surface area contributed by atoms with Crippen molar-refractivity contribution in [3.8, 4) is 5.75 Å². The minimum Gasteiger partial charge on any atom is -0.505 e. The lowest BCUT2D eigenvalue weighted by Gasteiger charge is -2.42. The average Bonchev–Trinajstić information content (AvgIpc) is 3.03. The number of allylic oxidation sites excluding steroid dienone is 6. The molecule has 2 amide bonds. The smallest absolute Gasteiger partial charge is 0.234 e. The van der Waals surface area contributed by atoms with Crippen molar-refractivity contribution in [3.05, 3.63) is 62.9 Å². The lowest BCUT2D eigenvalue weighted by molar-refractivity contribution is -0.145. The van der Waals surface area contributed by atoms with Crippen LogP contribution >= 0.6 is 15.9 Å². The molecule has 1 saturated heterocycles. The number of nitrogens with zero attached hydrogens (tertiary/aromatic N) is 1. The summed E-state index contributed by atoms with van der Waals surface area (Å²) in [6, 6.07) is 3.90. The van der Waals surface area contributed by atoms with E-state index in [9.17, 15) is 28.7 Å². The molecule has 0 spiro atoms. The zero-order chi connectivity index (χ0) is 24.7. The van der Waals surface area contributed by atoms with E-state index in [1.807, 2.05) is 26.8 Å². The Morgan fingerprint density at radius 1 is 1.09 bits per heavy atom. The van der Waals surface area contributed by atoms with Crippen molar-refractivity contribution < 1.29 is 28.7 Å². The van der Waals surface area contributed by atoms with Crippen molar-refractivity contribution in [1.29, 1.82) is 0 Å². The summed E-state index contributed by atoms with van der Waals surface area (Å²) in [5.41, 5.74) is 1.02. The summed E-state index contributed by atoms with van der Waals surface area (Å²) in [6.07, 6.45) is 3.59. The number of likely N-dealkylation sites (tertiary alicyclic amines) is 1. The van der Waals surface area contributed by atoms with Gasteiger partial charge in [0.05, 0.1) is 16.3 Å². The third-order valence-electron chi connectivity index (χ3n) is 7.31. The Hall–Kier alpha value is -2.87. The number of Topliss-reactive ketones (excluding diaryl/α,β-unsaturated/α-hetero) is 1. The molecule has 6 nitrogen and oxygen atoms in total. The Bertz CT molecular complexity index is 1280. The monoisotopic (exact) mass is 527 g/mol. The minimum atomic E-state index is -0.839. The highest BCUT2D eigenvalue weighted by Gasteiger charge is 2.58. The normalized spacial score (nSPS) is 29.0. The second kappa shape index (κ2) is 7.57. The maximum Gasteiger partial charge on any atom is 0.234 e. The first kappa shape index (κ1) is 22.9. The Labute approximate surface area is 204 Å². The van der Waals surface area contributed by atoms with E-state index < -0.39 is 40.8 Å². The van der Waals surface area contributed by atoms with Crippen LogP contribution in [0.25, 0.3) is 0 Å². The molecule has 4 aliphatic rings. The van der Waals surface area contributed by atoms with Crippen LogP contribution in [-0.2, 0) is 19.2 Å². The molecule has 0 saturated carbocycles. The fraction of sp³-hybridized carbons (Fsp3) is 0.385. The summed E-state index contributed by atoms with van der Waals surface area (Å²) in [6.45, 7) is 5.43. The number of amides is 2. The summed E-state index contributed by atoms with van der Waals surface area (Å²) in [5.74, 6) is -4.97. The number of halogens is 2. The predicted molar refractivity (Wildman–Crippen MR) is 124 cm³/mol. The fourth-order valence-corrected chi connectivity index (χ4v) is 6.40. The highest BCUT2D eigenvalue weighted by molar-refractivity contribution is 9.12. The van der Waals surface area contributed by atoms with Crippen molar-refractivity contribution in [1.82, 2.24) is 4.90 Å². The van der Waals surface area contributed by atoms with E-state index in [0.29, 0.717) is 12.0 Å². The van der Waals surface area contributed by atoms with Crippen LogP contribution in [0.2, 0.25) is 0 Å². The molecule has 176 valence electrons. The number of hydrogen-bond acceptors (Lipinski definition) is 5. The molecule has 1 N–H and O–H groups in total. The van der Waals surface area contributed by atoms with Gasteiger partial charge >= 0.3 is 0 Å². The van der Waals surface area contributed by atoms with Crippen LogP contribution in [-0.4, -0.2) is 38.9 Å². The number of phenolic OH excluding ortho intramolecular Hbond substituents is 1. The van der Waals surface area contributed by atoms with Crippen LogP contribution in [0, 0.1) is 23.6 Å². The highest BCUT2D eigenvalue weighted by Crippen LogP contribution is 2.55. The third-order valence-corrected chi connectivity index (χ3v) is 7.90. The molecule has 0 bridgehead atoms. The van der Waals surface area contributed by atoms with Gasteiger partial charge in [0.25, 0.3) is 0 Å². The Kier molecular flexibility index (Phi) is 5.10. The summed E-state index contributed by atoms with van der Waals surface area (Å²) in [7, 11) is 0.